The molecular formula is C64H100O25. The molecule has 6 heterocycles. The molecule has 25 heteroatoms. The molecule has 0 radical (unpaired) electrons. The van der Waals surface area contributed by atoms with E-state index in [-0.39, 0.29) is 18.9 Å². The van der Waals surface area contributed by atoms with Gasteiger partial charge in [-0.2, -0.15) is 0 Å². The Kier molecular flexibility index (Phi) is 28.0. The summed E-state index contributed by atoms with van der Waals surface area (Å²) in [7, 11) is 0. The molecule has 6 aliphatic heterocycles. The van der Waals surface area contributed by atoms with Crippen LogP contribution in [0.3, 0.4) is 0 Å². The van der Waals surface area contributed by atoms with Gasteiger partial charge in [-0.1, -0.05) is 123 Å². The van der Waals surface area contributed by atoms with Crippen molar-refractivity contribution in [2.45, 2.75) is 319 Å². The van der Waals surface area contributed by atoms with Crippen molar-refractivity contribution >= 4 is 30.0 Å². The fourth-order valence-corrected chi connectivity index (χ4v) is 11.8. The van der Waals surface area contributed by atoms with Gasteiger partial charge in [0.25, 0.3) is 0 Å². The van der Waals surface area contributed by atoms with Crippen LogP contribution in [0, 0.1) is 11.8 Å². The van der Waals surface area contributed by atoms with E-state index >= 15 is 0 Å². The van der Waals surface area contributed by atoms with E-state index in [0.717, 1.165) is 63.9 Å². The highest BCUT2D eigenvalue weighted by Crippen LogP contribution is 2.40. The number of aliphatic hydroxyl groups is 7. The largest absolute Gasteiger partial charge is 0.456 e. The van der Waals surface area contributed by atoms with Gasteiger partial charge in [0.2, 0.25) is 0 Å². The van der Waals surface area contributed by atoms with Crippen LogP contribution in [0.15, 0.2) is 36.4 Å². The SMILES string of the molecule is CCCCC[C@H]1CCCCCCCCCC(=O)O[C@H]2[C@H](O[C@H]3[C@H](O1)O[C@H](C)[C@H](O)[C@@H]3O)O[C@@H](C)[C@H](O[C@@H]1O[C@@H](C)[C@H](O[C@@H]3O[C@@H](C)[C@H](OC(=O)C(C)C)[C@@H](O)[C@H]3OC(=O)/C=C/c3ccccc3)[C@@H](O[C@@H]3O[C@@H](C)[C@H](O)[C@@H](O)[C@H]3O)[C@H]1OC(=O)[C@H](C)CC)[C@H]2O. The van der Waals surface area contributed by atoms with Crippen molar-refractivity contribution in [1.82, 2.24) is 0 Å². The van der Waals surface area contributed by atoms with Gasteiger partial charge in [0, 0.05) is 12.5 Å². The lowest BCUT2D eigenvalue weighted by Gasteiger charge is -2.51. The number of benzene rings is 1. The van der Waals surface area contributed by atoms with Gasteiger partial charge in [-0.05, 0) is 71.9 Å². The van der Waals surface area contributed by atoms with Crippen LogP contribution in [0.5, 0.6) is 0 Å². The molecule has 0 bridgehead atoms. The first-order valence-corrected chi connectivity index (χ1v) is 32.3. The van der Waals surface area contributed by atoms with Crippen molar-refractivity contribution in [3.63, 3.8) is 0 Å². The molecule has 1 aromatic rings. The van der Waals surface area contributed by atoms with Gasteiger partial charge in [0.05, 0.1) is 48.5 Å². The number of hydrogen-bond acceptors (Lipinski definition) is 25. The first-order valence-electron chi connectivity index (χ1n) is 32.3. The average Bonchev–Trinajstić information content (AvgIpc) is 0.922. The maximum atomic E-state index is 14.3. The first kappa shape index (κ1) is 72.6. The summed E-state index contributed by atoms with van der Waals surface area (Å²) in [5.41, 5.74) is 0.639. The van der Waals surface area contributed by atoms with Crippen LogP contribution in [0.2, 0.25) is 0 Å². The van der Waals surface area contributed by atoms with E-state index in [9.17, 15) is 54.9 Å². The topological polar surface area (TPSA) is 339 Å². The third-order valence-electron chi connectivity index (χ3n) is 17.6. The first-order chi connectivity index (χ1) is 42.4. The Morgan fingerprint density at radius 1 is 0.528 bits per heavy atom. The van der Waals surface area contributed by atoms with E-state index in [2.05, 4.69) is 6.92 Å². The molecule has 0 aliphatic carbocycles. The number of ether oxygens (including phenoxy) is 14. The number of fused-ring (bicyclic) bond motifs is 2. The predicted octanol–water partition coefficient (Wildman–Crippen LogP) is 4.33. The predicted molar refractivity (Wildman–Crippen MR) is 313 cm³/mol. The molecule has 0 amide bonds. The third-order valence-corrected chi connectivity index (χ3v) is 17.6. The highest BCUT2D eigenvalue weighted by atomic mass is 16.8. The summed E-state index contributed by atoms with van der Waals surface area (Å²) in [5.74, 6) is -4.61. The fourth-order valence-electron chi connectivity index (χ4n) is 11.8. The molecule has 0 unspecified atom stereocenters. The van der Waals surface area contributed by atoms with E-state index in [0.29, 0.717) is 24.8 Å². The number of esters is 4. The quantitative estimate of drug-likeness (QED) is 0.0465. The van der Waals surface area contributed by atoms with E-state index < -0.39 is 189 Å². The van der Waals surface area contributed by atoms with Crippen LogP contribution in [-0.4, -0.2) is 219 Å². The summed E-state index contributed by atoms with van der Waals surface area (Å²) in [6.45, 7) is 16.2. The maximum absolute atomic E-state index is 14.3. The lowest BCUT2D eigenvalue weighted by molar-refractivity contribution is -0.399. The van der Waals surface area contributed by atoms with Crippen molar-refractivity contribution in [2.24, 2.45) is 11.8 Å². The van der Waals surface area contributed by atoms with Gasteiger partial charge in [0.1, 0.15) is 67.1 Å². The lowest BCUT2D eigenvalue weighted by atomic mass is 9.95. The average molecular weight is 1270 g/mol. The Morgan fingerprint density at radius 2 is 1.09 bits per heavy atom. The van der Waals surface area contributed by atoms with E-state index in [1.165, 1.54) is 33.8 Å². The Labute approximate surface area is 522 Å². The Bertz CT molecular complexity index is 2360. The fraction of sp³-hybridized carbons (Fsp3) is 0.812. The third kappa shape index (κ3) is 19.2. The molecule has 6 aliphatic rings. The zero-order chi connectivity index (χ0) is 64.8. The number of unbranched alkanes of at least 4 members (excludes halogenated alkanes) is 2. The minimum atomic E-state index is -1.95. The van der Waals surface area contributed by atoms with Crippen LogP contribution in [0.25, 0.3) is 6.08 Å². The molecule has 0 aromatic heterocycles. The van der Waals surface area contributed by atoms with E-state index in [1.807, 2.05) is 0 Å². The molecule has 0 spiro atoms. The number of carbonyl (C=O) groups excluding carboxylic acids is 4. The molecule has 6 fully saturated rings. The zero-order valence-corrected chi connectivity index (χ0v) is 53.1. The van der Waals surface area contributed by atoms with Crippen molar-refractivity contribution in [3.05, 3.63) is 42.0 Å². The van der Waals surface area contributed by atoms with Crippen molar-refractivity contribution in [2.75, 3.05) is 0 Å². The van der Waals surface area contributed by atoms with Crippen LogP contribution in [-0.2, 0) is 85.5 Å². The second-order valence-electron chi connectivity index (χ2n) is 25.0. The van der Waals surface area contributed by atoms with Crippen LogP contribution < -0.4 is 0 Å². The molecule has 0 saturated carbocycles. The van der Waals surface area contributed by atoms with Gasteiger partial charge in [-0.15, -0.1) is 0 Å². The number of aliphatic hydroxyl groups excluding tert-OH is 7. The van der Waals surface area contributed by atoms with E-state index in [1.54, 1.807) is 65.0 Å². The summed E-state index contributed by atoms with van der Waals surface area (Å²) < 4.78 is 88.9. The summed E-state index contributed by atoms with van der Waals surface area (Å²) in [5, 5.41) is 81.2. The highest BCUT2D eigenvalue weighted by molar-refractivity contribution is 5.87. The Balaban J connectivity index is 1.25. The molecule has 89 heavy (non-hydrogen) atoms. The molecule has 7 N–H and O–H groups in total. The van der Waals surface area contributed by atoms with E-state index in [4.69, 9.17) is 66.3 Å². The molecule has 7 rings (SSSR count). The number of rotatable bonds is 18. The normalized spacial score (nSPS) is 41.0. The minimum Gasteiger partial charge on any atom is -0.456 e. The maximum Gasteiger partial charge on any atom is 0.331 e. The molecule has 1 aromatic carbocycles. The zero-order valence-electron chi connectivity index (χ0n) is 53.1. The number of carbonyl (C=O) groups is 4. The van der Waals surface area contributed by atoms with Crippen LogP contribution >= 0.6 is 0 Å². The molecule has 27 atom stereocenters. The summed E-state index contributed by atoms with van der Waals surface area (Å²) in [6.07, 6.45) is -26.4. The molecule has 6 saturated heterocycles. The van der Waals surface area contributed by atoms with Gasteiger partial charge >= 0.3 is 23.9 Å². The smallest absolute Gasteiger partial charge is 0.331 e. The summed E-state index contributed by atoms with van der Waals surface area (Å²) in [6, 6.07) is 8.80. The molecular weight excluding hydrogens is 1170 g/mol. The highest BCUT2D eigenvalue weighted by Gasteiger charge is 2.59. The molecule has 25 nitrogen and oxygen atoms in total. The van der Waals surface area contributed by atoms with Crippen molar-refractivity contribution in [3.8, 4) is 0 Å². The lowest BCUT2D eigenvalue weighted by Crippen LogP contribution is -2.68. The summed E-state index contributed by atoms with van der Waals surface area (Å²) in [4.78, 5) is 55.0. The van der Waals surface area contributed by atoms with Crippen LogP contribution in [0.1, 0.15) is 165 Å². The summed E-state index contributed by atoms with van der Waals surface area (Å²) >= 11 is 0. The minimum absolute atomic E-state index is 0.0426. The second-order valence-corrected chi connectivity index (χ2v) is 25.0. The van der Waals surface area contributed by atoms with Crippen molar-refractivity contribution < 1.29 is 121 Å². The van der Waals surface area contributed by atoms with Gasteiger partial charge in [-0.3, -0.25) is 14.4 Å². The van der Waals surface area contributed by atoms with Gasteiger partial charge in [-0.25, -0.2) is 4.79 Å². The number of hydrogen-bond donors (Lipinski definition) is 7. The second kappa shape index (κ2) is 34.4. The van der Waals surface area contributed by atoms with Crippen LogP contribution in [0.4, 0.5) is 0 Å². The Morgan fingerprint density at radius 3 is 1.76 bits per heavy atom. The molecule has 506 valence electrons. The Hall–Kier alpha value is -3.84. The van der Waals surface area contributed by atoms with Crippen molar-refractivity contribution in [1.29, 1.82) is 0 Å². The van der Waals surface area contributed by atoms with Gasteiger partial charge in [0.15, 0.2) is 55.9 Å². The standard InChI is InChI=1S/C64H100O25/c1-11-13-20-27-40-28-23-17-15-14-16-18-24-29-41(65)82-55-49(73)51(37(9)79-63(55)88-53-46(70)44(68)35(7)77-61(53)81-40)86-64-57(85-59(75)33(5)12-2)56(89-60-47(71)45(69)43(67)34(6)76-60)52(38(10)80-64)87-62-54(83-42(66)31-30-39-25-21-19-22-26-39)48(72)50(36(8)78-62)84-58(74)32(3)4/h19,21-22,25-26,30-38,40,43-57,60-64,67-73H,11-18,20,23-24,27-29H2,1-10H3/b31-30+/t33-,34+,35-,36+,37+,38+,40+,43+,44+,45-,46+,47-,48-,49-,50+,51+,52+,53-,54-,55-,56-,57-,60+,61+,62+,63+,64+/m1/s1. The van der Waals surface area contributed by atoms with Gasteiger partial charge < -0.3 is 102 Å². The monoisotopic (exact) mass is 1270 g/mol.